The van der Waals surface area contributed by atoms with Gasteiger partial charge in [-0.2, -0.15) is 0 Å². The fourth-order valence-corrected chi connectivity index (χ4v) is 5.31. The zero-order valence-corrected chi connectivity index (χ0v) is 21.3. The number of phenols is 1. The number of halogens is 1. The number of phenolic OH excluding ortho intramolecular Hbond substituents is 1. The van der Waals surface area contributed by atoms with Crippen LogP contribution in [0, 0.1) is 11.8 Å². The highest BCUT2D eigenvalue weighted by Crippen LogP contribution is 2.43. The zero-order valence-electron chi connectivity index (χ0n) is 20.5. The standard InChI is InChI=1S/C28H30ClN3O4/c1-16(2)10-25-27(34)30-23-12-22(28(35)31-14-19-4-5-21(29)11-20(19)15-31)26(33)13-24(23)32(25)17(3)18-6-8-36-9-7-18/h4-5,10-13,16,18,33H,3,6-9,14-15H2,1-2H3,(H,30,34)/b25-10-. The number of aromatic hydroxyl groups is 1. The Balaban J connectivity index is 1.51. The Bertz CT molecular complexity index is 1280. The molecule has 3 aliphatic heterocycles. The summed E-state index contributed by atoms with van der Waals surface area (Å²) in [6.07, 6.45) is 3.51. The van der Waals surface area contributed by atoms with Crippen molar-refractivity contribution in [3.05, 3.63) is 76.1 Å². The van der Waals surface area contributed by atoms with Crippen molar-refractivity contribution >= 4 is 34.8 Å². The van der Waals surface area contributed by atoms with E-state index in [4.69, 9.17) is 16.3 Å². The number of ether oxygens (including phenoxy) is 1. The summed E-state index contributed by atoms with van der Waals surface area (Å²) in [5.41, 5.74) is 4.48. The lowest BCUT2D eigenvalue weighted by Gasteiger charge is -2.38. The van der Waals surface area contributed by atoms with Gasteiger partial charge in [-0.3, -0.25) is 9.59 Å². The number of carbonyl (C=O) groups excluding carboxylic acids is 2. The summed E-state index contributed by atoms with van der Waals surface area (Å²) < 4.78 is 5.52. The van der Waals surface area contributed by atoms with Crippen molar-refractivity contribution in [3.63, 3.8) is 0 Å². The minimum Gasteiger partial charge on any atom is -0.507 e. The van der Waals surface area contributed by atoms with Crippen molar-refractivity contribution in [1.29, 1.82) is 0 Å². The number of benzene rings is 2. The first kappa shape index (κ1) is 24.4. The molecule has 0 unspecified atom stereocenters. The minimum absolute atomic E-state index is 0.122. The second-order valence-corrected chi connectivity index (χ2v) is 10.4. The minimum atomic E-state index is -0.310. The Labute approximate surface area is 216 Å². The molecule has 3 aliphatic rings. The number of amides is 2. The molecule has 2 amide bonds. The molecule has 2 N–H and O–H groups in total. The first-order chi connectivity index (χ1) is 17.2. The maximum absolute atomic E-state index is 13.4. The van der Waals surface area contributed by atoms with E-state index in [2.05, 4.69) is 11.9 Å². The predicted molar refractivity (Wildman–Crippen MR) is 140 cm³/mol. The molecule has 1 fully saturated rings. The zero-order chi connectivity index (χ0) is 25.6. The van der Waals surface area contributed by atoms with E-state index >= 15 is 0 Å². The Hall–Kier alpha value is -3.29. The lowest BCUT2D eigenvalue weighted by atomic mass is 9.94. The molecular formula is C28H30ClN3O4. The number of anilines is 2. The maximum Gasteiger partial charge on any atom is 0.272 e. The molecule has 8 heteroatoms. The van der Waals surface area contributed by atoms with Gasteiger partial charge in [-0.05, 0) is 48.1 Å². The van der Waals surface area contributed by atoms with Gasteiger partial charge in [-0.25, -0.2) is 0 Å². The molecule has 0 radical (unpaired) electrons. The van der Waals surface area contributed by atoms with E-state index in [0.717, 1.165) is 29.7 Å². The fourth-order valence-electron chi connectivity index (χ4n) is 5.12. The van der Waals surface area contributed by atoms with E-state index in [0.29, 0.717) is 48.4 Å². The Kier molecular flexibility index (Phi) is 6.53. The van der Waals surface area contributed by atoms with Gasteiger partial charge in [0.15, 0.2) is 0 Å². The summed E-state index contributed by atoms with van der Waals surface area (Å²) in [6, 6.07) is 8.71. The van der Waals surface area contributed by atoms with Crippen LogP contribution >= 0.6 is 11.6 Å². The quantitative estimate of drug-likeness (QED) is 0.425. The average Bonchev–Trinajstić information content (AvgIpc) is 3.27. The molecule has 0 spiro atoms. The molecule has 0 aliphatic carbocycles. The number of fused-ring (bicyclic) bond motifs is 2. The number of rotatable bonds is 4. The fraction of sp³-hybridized carbons (Fsp3) is 0.357. The number of allylic oxidation sites excluding steroid dienone is 2. The summed E-state index contributed by atoms with van der Waals surface area (Å²) in [7, 11) is 0. The van der Waals surface area contributed by atoms with Crippen molar-refractivity contribution in [2.45, 2.75) is 39.8 Å². The lowest BCUT2D eigenvalue weighted by molar-refractivity contribution is -0.113. The molecule has 0 bridgehead atoms. The topological polar surface area (TPSA) is 82.1 Å². The third-order valence-corrected chi connectivity index (χ3v) is 7.19. The number of hydrogen-bond donors (Lipinski definition) is 2. The molecule has 7 nitrogen and oxygen atoms in total. The lowest BCUT2D eigenvalue weighted by Crippen LogP contribution is -2.38. The number of nitrogens with one attached hydrogen (secondary N) is 1. The third-order valence-electron chi connectivity index (χ3n) is 6.96. The SMILES string of the molecule is C=C(C1CCOCC1)N1/C(=C\C(C)C)C(=O)Nc2cc(C(=O)N3Cc4ccc(Cl)cc4C3)c(O)cc21. The second-order valence-electron chi connectivity index (χ2n) is 9.92. The van der Waals surface area contributed by atoms with Crippen molar-refractivity contribution < 1.29 is 19.4 Å². The molecule has 5 rings (SSSR count). The van der Waals surface area contributed by atoms with Gasteiger partial charge in [0, 0.05) is 49.0 Å². The van der Waals surface area contributed by atoms with Gasteiger partial charge in [-0.1, -0.05) is 44.2 Å². The average molecular weight is 508 g/mol. The first-order valence-corrected chi connectivity index (χ1v) is 12.6. The van der Waals surface area contributed by atoms with Gasteiger partial charge in [0.05, 0.1) is 16.9 Å². The van der Waals surface area contributed by atoms with Crippen LogP contribution in [0.4, 0.5) is 11.4 Å². The summed E-state index contributed by atoms with van der Waals surface area (Å²) in [6.45, 7) is 10.5. The summed E-state index contributed by atoms with van der Waals surface area (Å²) >= 11 is 6.12. The van der Waals surface area contributed by atoms with Gasteiger partial charge in [-0.15, -0.1) is 0 Å². The molecule has 0 saturated carbocycles. The largest absolute Gasteiger partial charge is 0.507 e. The summed E-state index contributed by atoms with van der Waals surface area (Å²) in [5.74, 6) is -0.451. The van der Waals surface area contributed by atoms with Crippen LogP contribution in [0.15, 0.2) is 54.4 Å². The van der Waals surface area contributed by atoms with E-state index in [1.54, 1.807) is 17.0 Å². The molecule has 2 aromatic rings. The van der Waals surface area contributed by atoms with Crippen LogP contribution in [0.2, 0.25) is 5.02 Å². The molecule has 2 aromatic carbocycles. The maximum atomic E-state index is 13.4. The van der Waals surface area contributed by atoms with Crippen LogP contribution in [0.5, 0.6) is 5.75 Å². The smallest absolute Gasteiger partial charge is 0.272 e. The van der Waals surface area contributed by atoms with Gasteiger partial charge in [0.25, 0.3) is 11.8 Å². The number of hydrogen-bond acceptors (Lipinski definition) is 5. The highest BCUT2D eigenvalue weighted by Gasteiger charge is 2.35. The van der Waals surface area contributed by atoms with Crippen LogP contribution in [0.25, 0.3) is 0 Å². The highest BCUT2D eigenvalue weighted by molar-refractivity contribution is 6.30. The molecule has 0 atom stereocenters. The van der Waals surface area contributed by atoms with Crippen molar-refractivity contribution in [2.24, 2.45) is 11.8 Å². The van der Waals surface area contributed by atoms with Crippen molar-refractivity contribution in [3.8, 4) is 5.75 Å². The van der Waals surface area contributed by atoms with Gasteiger partial charge in [0.1, 0.15) is 11.4 Å². The van der Waals surface area contributed by atoms with E-state index < -0.39 is 0 Å². The van der Waals surface area contributed by atoms with E-state index in [9.17, 15) is 14.7 Å². The predicted octanol–water partition coefficient (Wildman–Crippen LogP) is 5.44. The molecule has 188 valence electrons. The second kappa shape index (κ2) is 9.64. The van der Waals surface area contributed by atoms with Crippen LogP contribution in [0.3, 0.4) is 0 Å². The molecule has 36 heavy (non-hydrogen) atoms. The van der Waals surface area contributed by atoms with Crippen LogP contribution in [-0.4, -0.2) is 35.0 Å². The molecule has 3 heterocycles. The van der Waals surface area contributed by atoms with E-state index in [1.165, 1.54) is 0 Å². The Morgan fingerprint density at radius 1 is 1.19 bits per heavy atom. The van der Waals surface area contributed by atoms with E-state index in [1.807, 2.05) is 43.0 Å². The van der Waals surface area contributed by atoms with Crippen molar-refractivity contribution in [2.75, 3.05) is 23.4 Å². The molecule has 0 aromatic heterocycles. The van der Waals surface area contributed by atoms with Crippen LogP contribution in [0.1, 0.15) is 48.2 Å². The van der Waals surface area contributed by atoms with E-state index in [-0.39, 0.29) is 35.0 Å². The number of carbonyl (C=O) groups is 2. The van der Waals surface area contributed by atoms with Crippen LogP contribution in [-0.2, 0) is 22.6 Å². The molecule has 1 saturated heterocycles. The third kappa shape index (κ3) is 4.49. The molecular weight excluding hydrogens is 478 g/mol. The summed E-state index contributed by atoms with van der Waals surface area (Å²) in [4.78, 5) is 30.2. The van der Waals surface area contributed by atoms with Gasteiger partial charge in [0.2, 0.25) is 0 Å². The van der Waals surface area contributed by atoms with Crippen LogP contribution < -0.4 is 10.2 Å². The Morgan fingerprint density at radius 2 is 1.92 bits per heavy atom. The normalized spacial score (nSPS) is 18.9. The summed E-state index contributed by atoms with van der Waals surface area (Å²) in [5, 5.41) is 14.6. The monoisotopic (exact) mass is 507 g/mol. The Morgan fingerprint density at radius 3 is 2.64 bits per heavy atom. The highest BCUT2D eigenvalue weighted by atomic mass is 35.5. The number of nitrogens with zero attached hydrogens (tertiary/aromatic N) is 2. The first-order valence-electron chi connectivity index (χ1n) is 12.3. The van der Waals surface area contributed by atoms with Crippen molar-refractivity contribution in [1.82, 2.24) is 4.90 Å². The van der Waals surface area contributed by atoms with Gasteiger partial charge >= 0.3 is 0 Å². The van der Waals surface area contributed by atoms with Gasteiger partial charge < -0.3 is 25.0 Å².